The van der Waals surface area contributed by atoms with Gasteiger partial charge in [-0.3, -0.25) is 14.2 Å². The van der Waals surface area contributed by atoms with Gasteiger partial charge in [0.2, 0.25) is 0 Å². The van der Waals surface area contributed by atoms with Crippen LogP contribution in [0.5, 0.6) is 0 Å². The van der Waals surface area contributed by atoms with Crippen molar-refractivity contribution in [2.75, 3.05) is 5.75 Å². The lowest BCUT2D eigenvalue weighted by atomic mass is 10.0. The highest BCUT2D eigenvalue weighted by Crippen LogP contribution is 2.21. The highest BCUT2D eigenvalue weighted by Gasteiger charge is 2.16. The van der Waals surface area contributed by atoms with Crippen LogP contribution in [0.15, 0.2) is 75.2 Å². The molecule has 0 fully saturated rings. The van der Waals surface area contributed by atoms with Crippen LogP contribution in [0.1, 0.15) is 27.2 Å². The predicted octanol–water partition coefficient (Wildman–Crippen LogP) is 4.63. The lowest BCUT2D eigenvalue weighted by Crippen LogP contribution is -2.24. The van der Waals surface area contributed by atoms with Crippen molar-refractivity contribution in [3.63, 3.8) is 0 Å². The van der Waals surface area contributed by atoms with Gasteiger partial charge in [-0.25, -0.2) is 4.98 Å². The van der Waals surface area contributed by atoms with E-state index in [1.807, 2.05) is 56.3 Å². The van der Waals surface area contributed by atoms with Crippen LogP contribution in [0.25, 0.3) is 10.9 Å². The van der Waals surface area contributed by atoms with E-state index in [1.165, 1.54) is 11.8 Å². The van der Waals surface area contributed by atoms with Gasteiger partial charge >= 0.3 is 0 Å². The molecule has 0 radical (unpaired) electrons. The first-order valence-electron chi connectivity index (χ1n) is 9.28. The van der Waals surface area contributed by atoms with Gasteiger partial charge in [-0.05, 0) is 49.7 Å². The summed E-state index contributed by atoms with van der Waals surface area (Å²) in [5, 5.41) is 1.05. The van der Waals surface area contributed by atoms with Crippen molar-refractivity contribution >= 4 is 28.4 Å². The maximum atomic E-state index is 13.1. The van der Waals surface area contributed by atoms with Crippen molar-refractivity contribution in [2.24, 2.45) is 0 Å². The number of thioether (sulfide) groups is 1. The fourth-order valence-corrected chi connectivity index (χ4v) is 4.08. The zero-order valence-corrected chi connectivity index (χ0v) is 17.0. The average molecular weight is 404 g/mol. The normalized spacial score (nSPS) is 11.1. The van der Waals surface area contributed by atoms with Crippen molar-refractivity contribution < 1.29 is 9.21 Å². The van der Waals surface area contributed by atoms with Crippen LogP contribution in [0.4, 0.5) is 0 Å². The average Bonchev–Trinajstić information content (AvgIpc) is 3.23. The number of fused-ring (bicyclic) bond motifs is 1. The van der Waals surface area contributed by atoms with Crippen LogP contribution in [0.2, 0.25) is 0 Å². The molecular formula is C23H20N2O3S. The number of furan rings is 1. The summed E-state index contributed by atoms with van der Waals surface area (Å²) >= 11 is 1.28. The molecule has 2 aromatic carbocycles. The third kappa shape index (κ3) is 4.03. The summed E-state index contributed by atoms with van der Waals surface area (Å²) in [6.07, 6.45) is 1.58. The summed E-state index contributed by atoms with van der Waals surface area (Å²) in [5.41, 5.74) is 3.17. The summed E-state index contributed by atoms with van der Waals surface area (Å²) in [4.78, 5) is 30.5. The second-order valence-corrected chi connectivity index (χ2v) is 7.85. The van der Waals surface area contributed by atoms with E-state index >= 15 is 0 Å². The Balaban J connectivity index is 1.69. The molecular weight excluding hydrogens is 384 g/mol. The van der Waals surface area contributed by atoms with Gasteiger partial charge in [-0.15, -0.1) is 0 Å². The van der Waals surface area contributed by atoms with Crippen molar-refractivity contribution in [3.8, 4) is 0 Å². The third-order valence-electron chi connectivity index (χ3n) is 4.75. The van der Waals surface area contributed by atoms with Gasteiger partial charge in [0.25, 0.3) is 5.56 Å². The van der Waals surface area contributed by atoms with Crippen LogP contribution in [0.3, 0.4) is 0 Å². The Hall–Kier alpha value is -3.12. The number of ketones is 1. The highest BCUT2D eigenvalue weighted by molar-refractivity contribution is 7.99. The van der Waals surface area contributed by atoms with Crippen molar-refractivity contribution in [2.45, 2.75) is 25.5 Å². The third-order valence-corrected chi connectivity index (χ3v) is 5.72. The van der Waals surface area contributed by atoms with Crippen LogP contribution >= 0.6 is 11.8 Å². The first-order valence-corrected chi connectivity index (χ1v) is 10.3. The Morgan fingerprint density at radius 1 is 1.10 bits per heavy atom. The highest BCUT2D eigenvalue weighted by atomic mass is 32.2. The number of aromatic nitrogens is 2. The Morgan fingerprint density at radius 3 is 2.72 bits per heavy atom. The Bertz CT molecular complexity index is 1240. The summed E-state index contributed by atoms with van der Waals surface area (Å²) in [6, 6.07) is 16.7. The zero-order chi connectivity index (χ0) is 20.4. The fourth-order valence-electron chi connectivity index (χ4n) is 3.20. The first kappa shape index (κ1) is 19.2. The molecule has 5 nitrogen and oxygen atoms in total. The molecule has 0 atom stereocenters. The second-order valence-electron chi connectivity index (χ2n) is 6.91. The minimum Gasteiger partial charge on any atom is -0.467 e. The topological polar surface area (TPSA) is 65.1 Å². The number of nitrogens with zero attached hydrogens (tertiary/aromatic N) is 2. The van der Waals surface area contributed by atoms with Gasteiger partial charge in [0.1, 0.15) is 5.76 Å². The standard InChI is InChI=1S/C23H20N2O3S/c1-15-9-10-16(2)19(12-15)21(26)14-29-23-24-20-8-4-3-7-18(20)22(27)25(23)13-17-6-5-11-28-17/h3-12H,13-14H2,1-2H3. The maximum Gasteiger partial charge on any atom is 0.262 e. The van der Waals surface area contributed by atoms with E-state index in [0.29, 0.717) is 27.4 Å². The Morgan fingerprint density at radius 2 is 1.93 bits per heavy atom. The van der Waals surface area contributed by atoms with E-state index in [0.717, 1.165) is 11.1 Å². The van der Waals surface area contributed by atoms with E-state index < -0.39 is 0 Å². The Kier molecular flexibility index (Phi) is 5.36. The number of hydrogen-bond donors (Lipinski definition) is 0. The lowest BCUT2D eigenvalue weighted by Gasteiger charge is -2.12. The van der Waals surface area contributed by atoms with Gasteiger partial charge < -0.3 is 4.42 Å². The molecule has 0 aliphatic carbocycles. The molecule has 0 amide bonds. The van der Waals surface area contributed by atoms with E-state index in [4.69, 9.17) is 4.42 Å². The summed E-state index contributed by atoms with van der Waals surface area (Å²) in [6.45, 7) is 4.16. The molecule has 6 heteroatoms. The minimum atomic E-state index is -0.145. The molecule has 0 spiro atoms. The van der Waals surface area contributed by atoms with Crippen LogP contribution in [0, 0.1) is 13.8 Å². The molecule has 4 aromatic rings. The SMILES string of the molecule is Cc1ccc(C)c(C(=O)CSc2nc3ccccc3c(=O)n2Cc2ccco2)c1. The quantitative estimate of drug-likeness (QED) is 0.266. The molecule has 0 N–H and O–H groups in total. The first-order chi connectivity index (χ1) is 14.0. The number of benzene rings is 2. The van der Waals surface area contributed by atoms with Crippen LogP contribution in [-0.2, 0) is 6.54 Å². The van der Waals surface area contributed by atoms with E-state index in [-0.39, 0.29) is 23.6 Å². The van der Waals surface area contributed by atoms with Crippen LogP contribution < -0.4 is 5.56 Å². The van der Waals surface area contributed by atoms with Gasteiger partial charge in [-0.1, -0.05) is 41.6 Å². The molecule has 2 heterocycles. The fraction of sp³-hybridized carbons (Fsp3) is 0.174. The molecule has 2 aromatic heterocycles. The molecule has 0 bridgehead atoms. The van der Waals surface area contributed by atoms with Gasteiger partial charge in [0, 0.05) is 5.56 Å². The maximum absolute atomic E-state index is 13.1. The molecule has 0 unspecified atom stereocenters. The number of carbonyl (C=O) groups is 1. The van der Waals surface area contributed by atoms with Gasteiger partial charge in [0.05, 0.1) is 29.5 Å². The number of rotatable bonds is 6. The molecule has 0 saturated carbocycles. The van der Waals surface area contributed by atoms with Crippen molar-refractivity contribution in [3.05, 3.63) is 93.7 Å². The molecule has 0 saturated heterocycles. The summed E-state index contributed by atoms with van der Waals surface area (Å²) in [5.74, 6) is 0.878. The predicted molar refractivity (Wildman–Crippen MR) is 115 cm³/mol. The monoisotopic (exact) mass is 404 g/mol. The van der Waals surface area contributed by atoms with Gasteiger partial charge in [-0.2, -0.15) is 0 Å². The largest absolute Gasteiger partial charge is 0.467 e. The molecule has 0 aliphatic heterocycles. The zero-order valence-electron chi connectivity index (χ0n) is 16.2. The number of Topliss-reactive ketones (excluding diaryl/α,β-unsaturated/α-hetero) is 1. The molecule has 29 heavy (non-hydrogen) atoms. The lowest BCUT2D eigenvalue weighted by molar-refractivity contribution is 0.102. The second kappa shape index (κ2) is 8.09. The minimum absolute atomic E-state index is 0.0168. The molecule has 146 valence electrons. The smallest absolute Gasteiger partial charge is 0.262 e. The number of aryl methyl sites for hydroxylation is 2. The molecule has 0 aliphatic rings. The number of para-hydroxylation sites is 1. The van der Waals surface area contributed by atoms with Crippen molar-refractivity contribution in [1.82, 2.24) is 9.55 Å². The number of hydrogen-bond acceptors (Lipinski definition) is 5. The number of carbonyl (C=O) groups excluding carboxylic acids is 1. The summed E-state index contributed by atoms with van der Waals surface area (Å²) in [7, 11) is 0. The van der Waals surface area contributed by atoms with E-state index in [1.54, 1.807) is 23.0 Å². The Labute approximate surface area is 172 Å². The van der Waals surface area contributed by atoms with E-state index in [2.05, 4.69) is 4.98 Å². The van der Waals surface area contributed by atoms with Crippen LogP contribution in [-0.4, -0.2) is 21.1 Å². The van der Waals surface area contributed by atoms with Gasteiger partial charge in [0.15, 0.2) is 10.9 Å². The summed E-state index contributed by atoms with van der Waals surface area (Å²) < 4.78 is 6.99. The molecule has 4 rings (SSSR count). The van der Waals surface area contributed by atoms with Crippen molar-refractivity contribution in [1.29, 1.82) is 0 Å². The van der Waals surface area contributed by atoms with E-state index in [9.17, 15) is 9.59 Å².